The van der Waals surface area contributed by atoms with E-state index in [4.69, 9.17) is 19.9 Å². The summed E-state index contributed by atoms with van der Waals surface area (Å²) in [5.74, 6) is 0.329. The maximum atomic E-state index is 5.28. The molecule has 4 aliphatic rings. The van der Waals surface area contributed by atoms with E-state index in [2.05, 4.69) is 117 Å². The molecule has 0 amide bonds. The smallest absolute Gasteiger partial charge is 0.0469 e. The first-order chi connectivity index (χ1) is 23.6. The van der Waals surface area contributed by atoms with Gasteiger partial charge in [-0.1, -0.05) is 0 Å². The van der Waals surface area contributed by atoms with Crippen molar-refractivity contribution in [3.05, 3.63) is 143 Å². The molecule has 0 aliphatic carbocycles. The molecule has 0 radical (unpaired) electrons. The molecule has 48 heavy (non-hydrogen) atoms. The topological polar surface area (TPSA) is 115 Å². The average Bonchev–Trinajstić information content (AvgIpc) is 3.89. The van der Waals surface area contributed by atoms with Gasteiger partial charge in [-0.05, 0) is 136 Å². The van der Waals surface area contributed by atoms with Gasteiger partial charge in [0.05, 0.1) is 0 Å². The molecular formula is C40H34N8. The monoisotopic (exact) mass is 626 g/mol. The number of H-pyrrole nitrogens is 4. The van der Waals surface area contributed by atoms with E-state index in [-0.39, 0.29) is 11.8 Å². The van der Waals surface area contributed by atoms with Crippen LogP contribution in [0.4, 0.5) is 0 Å². The highest BCUT2D eigenvalue weighted by atomic mass is 14.8. The van der Waals surface area contributed by atoms with Crippen molar-refractivity contribution in [2.45, 2.75) is 50.4 Å². The molecule has 10 heterocycles. The Morgan fingerprint density at radius 3 is 0.917 bits per heavy atom. The molecule has 0 fully saturated rings. The zero-order valence-corrected chi connectivity index (χ0v) is 26.4. The van der Waals surface area contributed by atoms with Crippen molar-refractivity contribution < 1.29 is 0 Å². The molecule has 10 rings (SSSR count). The largest absolute Gasteiger partial charge is 0.355 e. The normalized spacial score (nSPS) is 17.5. The standard InChI is InChI=1S/C40H34N8/c1-3-25-15-29-9-11-33(45-29)21-39-37(19-35(47-39)17-31-7-5-27(43-31)13-23(1)41-25)38-20-36-18-32-8-6-28(44-32)14-24-2-4-26(42-24)16-30-10-12-34(46-30)22-40(38)48-36/h5-18,21-22,37-38,43-46H,1-4,19-20H2. The number of nitrogens with zero attached hydrogens (tertiary/aromatic N) is 4. The van der Waals surface area contributed by atoms with Gasteiger partial charge in [-0.25, -0.2) is 0 Å². The molecule has 6 aromatic rings. The van der Waals surface area contributed by atoms with E-state index in [0.29, 0.717) is 0 Å². The number of hydrogen-bond donors (Lipinski definition) is 4. The van der Waals surface area contributed by atoms with Crippen molar-refractivity contribution in [1.82, 2.24) is 39.9 Å². The summed E-state index contributed by atoms with van der Waals surface area (Å²) >= 11 is 0. The highest BCUT2D eigenvalue weighted by Gasteiger charge is 2.34. The van der Waals surface area contributed by atoms with Gasteiger partial charge in [-0.2, -0.15) is 0 Å². The molecule has 0 aromatic carbocycles. The van der Waals surface area contributed by atoms with E-state index in [1.807, 2.05) is 0 Å². The lowest BCUT2D eigenvalue weighted by molar-refractivity contribution is 0.559. The van der Waals surface area contributed by atoms with Crippen LogP contribution in [0.25, 0.3) is 44.1 Å². The summed E-state index contributed by atoms with van der Waals surface area (Å²) in [6.45, 7) is 0. The van der Waals surface area contributed by atoms with Gasteiger partial charge in [0.2, 0.25) is 0 Å². The minimum absolute atomic E-state index is 0.164. The lowest BCUT2D eigenvalue weighted by atomic mass is 9.83. The Morgan fingerprint density at radius 2 is 0.604 bits per heavy atom. The van der Waals surface area contributed by atoms with E-state index in [1.54, 1.807) is 0 Å². The Hall–Kier alpha value is -5.76. The summed E-state index contributed by atoms with van der Waals surface area (Å²) in [5, 5.41) is 0. The van der Waals surface area contributed by atoms with Gasteiger partial charge in [0.15, 0.2) is 0 Å². The van der Waals surface area contributed by atoms with Crippen LogP contribution in [0, 0.1) is 0 Å². The Morgan fingerprint density at radius 1 is 0.333 bits per heavy atom. The van der Waals surface area contributed by atoms with Crippen molar-refractivity contribution in [3.8, 4) is 0 Å². The molecular weight excluding hydrogens is 592 g/mol. The average molecular weight is 627 g/mol. The fourth-order valence-corrected chi connectivity index (χ4v) is 7.72. The van der Waals surface area contributed by atoms with Crippen molar-refractivity contribution in [3.63, 3.8) is 0 Å². The van der Waals surface area contributed by atoms with Crippen LogP contribution < -0.4 is 0 Å². The van der Waals surface area contributed by atoms with E-state index in [9.17, 15) is 0 Å². The van der Waals surface area contributed by atoms with Crippen LogP contribution in [0.3, 0.4) is 0 Å². The molecule has 6 aromatic heterocycles. The molecule has 16 bridgehead atoms. The molecule has 0 spiro atoms. The van der Waals surface area contributed by atoms with Crippen LogP contribution in [-0.2, 0) is 38.5 Å². The molecule has 4 N–H and O–H groups in total. The zero-order chi connectivity index (χ0) is 31.6. The third-order valence-electron chi connectivity index (χ3n) is 9.96. The number of aromatic amines is 4. The minimum atomic E-state index is 0.164. The first kappa shape index (κ1) is 27.4. The van der Waals surface area contributed by atoms with Gasteiger partial charge >= 0.3 is 0 Å². The number of aromatic nitrogens is 8. The van der Waals surface area contributed by atoms with Crippen LogP contribution in [0.1, 0.15) is 57.4 Å². The maximum Gasteiger partial charge on any atom is 0.0469 e. The second kappa shape index (κ2) is 10.9. The van der Waals surface area contributed by atoms with Gasteiger partial charge in [-0.3, -0.25) is 19.9 Å². The molecule has 4 aliphatic heterocycles. The number of nitrogens with one attached hydrogen (secondary N) is 4. The van der Waals surface area contributed by atoms with Crippen molar-refractivity contribution in [2.75, 3.05) is 0 Å². The summed E-state index contributed by atoms with van der Waals surface area (Å²) < 4.78 is 0. The van der Waals surface area contributed by atoms with E-state index < -0.39 is 0 Å². The Balaban J connectivity index is 1.14. The molecule has 8 heteroatoms. The molecule has 8 nitrogen and oxygen atoms in total. The van der Waals surface area contributed by atoms with Crippen molar-refractivity contribution >= 4 is 44.1 Å². The van der Waals surface area contributed by atoms with E-state index in [1.165, 1.54) is 0 Å². The lowest BCUT2D eigenvalue weighted by Gasteiger charge is -2.17. The molecule has 2 unspecified atom stereocenters. The Bertz CT molecular complexity index is 2380. The predicted molar refractivity (Wildman–Crippen MR) is 190 cm³/mol. The van der Waals surface area contributed by atoms with Gasteiger partial charge in [-0.15, -0.1) is 0 Å². The van der Waals surface area contributed by atoms with Gasteiger partial charge in [0, 0.05) is 102 Å². The van der Waals surface area contributed by atoms with Crippen molar-refractivity contribution in [2.24, 2.45) is 0 Å². The second-order valence-electron chi connectivity index (χ2n) is 13.5. The fourth-order valence-electron chi connectivity index (χ4n) is 7.72. The highest BCUT2D eigenvalue weighted by Crippen LogP contribution is 2.41. The van der Waals surface area contributed by atoms with E-state index >= 15 is 0 Å². The summed E-state index contributed by atoms with van der Waals surface area (Å²) in [4.78, 5) is 34.7. The summed E-state index contributed by atoms with van der Waals surface area (Å²) in [6, 6.07) is 34.6. The van der Waals surface area contributed by atoms with Gasteiger partial charge in [0.25, 0.3) is 0 Å². The summed E-state index contributed by atoms with van der Waals surface area (Å²) in [5.41, 5.74) is 17.2. The van der Waals surface area contributed by atoms with Crippen LogP contribution in [-0.4, -0.2) is 39.9 Å². The first-order valence-corrected chi connectivity index (χ1v) is 16.9. The molecule has 0 saturated carbocycles. The number of rotatable bonds is 1. The molecule has 0 saturated heterocycles. The van der Waals surface area contributed by atoms with Gasteiger partial charge < -0.3 is 19.9 Å². The summed E-state index contributed by atoms with van der Waals surface area (Å²) in [7, 11) is 0. The van der Waals surface area contributed by atoms with Crippen LogP contribution in [0.15, 0.2) is 97.1 Å². The Labute approximate surface area is 276 Å². The second-order valence-corrected chi connectivity index (χ2v) is 13.5. The Kier molecular flexibility index (Phi) is 6.22. The van der Waals surface area contributed by atoms with Crippen LogP contribution >= 0.6 is 0 Å². The third-order valence-corrected chi connectivity index (χ3v) is 9.96. The quantitative estimate of drug-likeness (QED) is 0.149. The lowest BCUT2D eigenvalue weighted by Crippen LogP contribution is -2.10. The summed E-state index contributed by atoms with van der Waals surface area (Å²) in [6.07, 6.45) is 5.47. The number of fused-ring (bicyclic) bond motifs is 16. The minimum Gasteiger partial charge on any atom is -0.355 e. The fraction of sp³-hybridized carbons (Fsp3) is 0.200. The number of hydrogen-bond acceptors (Lipinski definition) is 4. The van der Waals surface area contributed by atoms with Gasteiger partial charge in [0.1, 0.15) is 0 Å². The van der Waals surface area contributed by atoms with E-state index in [0.717, 1.165) is 128 Å². The number of aryl methyl sites for hydroxylation is 4. The predicted octanol–water partition coefficient (Wildman–Crippen LogP) is 7.87. The van der Waals surface area contributed by atoms with Crippen LogP contribution in [0.5, 0.6) is 0 Å². The SMILES string of the molecule is c1cc2cc3nc(cc4ccc(cc5nc(cc1[nH]2)CC5)[nH]4)C(C1Cc2cc4ccc(cc5nc(cc6ccc(cc1n2)[nH]6)CC5)[nH]4)C3. The maximum absolute atomic E-state index is 5.28. The molecule has 2 atom stereocenters. The third kappa shape index (κ3) is 5.29. The molecule has 234 valence electrons. The van der Waals surface area contributed by atoms with Crippen LogP contribution in [0.2, 0.25) is 0 Å². The first-order valence-electron chi connectivity index (χ1n) is 16.9. The van der Waals surface area contributed by atoms with Crippen molar-refractivity contribution in [1.29, 1.82) is 0 Å². The highest BCUT2D eigenvalue weighted by molar-refractivity contribution is 5.64. The zero-order valence-electron chi connectivity index (χ0n) is 26.4.